The van der Waals surface area contributed by atoms with Crippen LogP contribution in [0.15, 0.2) is 60.8 Å². The van der Waals surface area contributed by atoms with Crippen LogP contribution in [0.2, 0.25) is 0 Å². The van der Waals surface area contributed by atoms with Crippen LogP contribution in [0.5, 0.6) is 0 Å². The number of rotatable bonds is 6. The number of aryl methyl sites for hydroxylation is 1. The lowest BCUT2D eigenvalue weighted by Crippen LogP contribution is -2.32. The van der Waals surface area contributed by atoms with E-state index in [0.29, 0.717) is 24.2 Å². The molecular formula is C24H26N4O2. The van der Waals surface area contributed by atoms with E-state index in [-0.39, 0.29) is 11.8 Å². The van der Waals surface area contributed by atoms with Crippen molar-refractivity contribution in [2.45, 2.75) is 26.2 Å². The lowest BCUT2D eigenvalue weighted by atomic mass is 10.0. The van der Waals surface area contributed by atoms with Crippen molar-refractivity contribution in [3.8, 4) is 16.9 Å². The maximum atomic E-state index is 13.0. The van der Waals surface area contributed by atoms with Crippen LogP contribution >= 0.6 is 0 Å². The Morgan fingerprint density at radius 1 is 1.00 bits per heavy atom. The molecule has 1 aliphatic heterocycles. The first-order valence-corrected chi connectivity index (χ1v) is 10.4. The SMILES string of the molecule is Cc1ccccc1-c1nn(-c2ccccc2)cc1C(=O)NCCC(=O)N1CCCC1. The molecule has 1 fully saturated rings. The molecule has 0 atom stereocenters. The molecule has 1 N–H and O–H groups in total. The molecular weight excluding hydrogens is 376 g/mol. The molecule has 1 saturated heterocycles. The van der Waals surface area contributed by atoms with Crippen molar-refractivity contribution in [2.75, 3.05) is 19.6 Å². The summed E-state index contributed by atoms with van der Waals surface area (Å²) < 4.78 is 1.73. The van der Waals surface area contributed by atoms with Crippen LogP contribution in [0.1, 0.15) is 35.2 Å². The molecule has 3 aromatic rings. The first kappa shape index (κ1) is 19.9. The second-order valence-corrected chi connectivity index (χ2v) is 7.58. The average Bonchev–Trinajstić information content (AvgIpc) is 3.45. The summed E-state index contributed by atoms with van der Waals surface area (Å²) in [4.78, 5) is 27.1. The molecule has 0 saturated carbocycles. The molecule has 30 heavy (non-hydrogen) atoms. The van der Waals surface area contributed by atoms with Crippen LogP contribution in [-0.2, 0) is 4.79 Å². The maximum absolute atomic E-state index is 13.0. The fourth-order valence-electron chi connectivity index (χ4n) is 3.79. The van der Waals surface area contributed by atoms with Gasteiger partial charge in [0.25, 0.3) is 5.91 Å². The van der Waals surface area contributed by atoms with Gasteiger partial charge >= 0.3 is 0 Å². The van der Waals surface area contributed by atoms with Crippen LogP contribution in [0, 0.1) is 6.92 Å². The lowest BCUT2D eigenvalue weighted by Gasteiger charge is -2.15. The van der Waals surface area contributed by atoms with Crippen molar-refractivity contribution in [1.29, 1.82) is 0 Å². The molecule has 2 aromatic carbocycles. The van der Waals surface area contributed by atoms with Crippen molar-refractivity contribution in [3.05, 3.63) is 71.9 Å². The second kappa shape index (κ2) is 8.95. The minimum Gasteiger partial charge on any atom is -0.351 e. The molecule has 0 radical (unpaired) electrons. The lowest BCUT2D eigenvalue weighted by molar-refractivity contribution is -0.129. The molecule has 2 amide bonds. The number of aromatic nitrogens is 2. The zero-order chi connectivity index (χ0) is 20.9. The van der Waals surface area contributed by atoms with Crippen LogP contribution < -0.4 is 5.32 Å². The standard InChI is InChI=1S/C24H26N4O2/c1-18-9-5-6-12-20(18)23-21(17-28(26-23)19-10-3-2-4-11-19)24(30)25-14-13-22(29)27-15-7-8-16-27/h2-6,9-12,17H,7-8,13-16H2,1H3,(H,25,30). The Balaban J connectivity index is 1.56. The van der Waals surface area contributed by atoms with Gasteiger partial charge in [-0.25, -0.2) is 4.68 Å². The highest BCUT2D eigenvalue weighted by molar-refractivity contribution is 6.00. The predicted octanol–water partition coefficient (Wildman–Crippen LogP) is 3.59. The maximum Gasteiger partial charge on any atom is 0.255 e. The Bertz CT molecular complexity index is 1040. The molecule has 0 spiro atoms. The number of nitrogens with zero attached hydrogens (tertiary/aromatic N) is 3. The smallest absolute Gasteiger partial charge is 0.255 e. The van der Waals surface area contributed by atoms with Gasteiger partial charge in [0.05, 0.1) is 11.3 Å². The molecule has 154 valence electrons. The van der Waals surface area contributed by atoms with Crippen LogP contribution in [0.25, 0.3) is 16.9 Å². The third-order valence-electron chi connectivity index (χ3n) is 5.46. The molecule has 6 heteroatoms. The first-order valence-electron chi connectivity index (χ1n) is 10.4. The quantitative estimate of drug-likeness (QED) is 0.685. The Kier molecular flexibility index (Phi) is 5.93. The van der Waals surface area contributed by atoms with Gasteiger partial charge in [0.15, 0.2) is 0 Å². The summed E-state index contributed by atoms with van der Waals surface area (Å²) in [6.07, 6.45) is 4.21. The largest absolute Gasteiger partial charge is 0.351 e. The van der Waals surface area contributed by atoms with Gasteiger partial charge in [-0.15, -0.1) is 0 Å². The van der Waals surface area contributed by atoms with Crippen LogP contribution in [-0.4, -0.2) is 46.1 Å². The topological polar surface area (TPSA) is 67.2 Å². The minimum atomic E-state index is -0.218. The number of nitrogens with one attached hydrogen (secondary N) is 1. The van der Waals surface area contributed by atoms with Crippen molar-refractivity contribution >= 4 is 11.8 Å². The van der Waals surface area contributed by atoms with Crippen molar-refractivity contribution in [2.24, 2.45) is 0 Å². The minimum absolute atomic E-state index is 0.104. The van der Waals surface area contributed by atoms with E-state index in [4.69, 9.17) is 5.10 Å². The first-order chi connectivity index (χ1) is 14.6. The van der Waals surface area contributed by atoms with E-state index in [1.807, 2.05) is 66.4 Å². The Morgan fingerprint density at radius 3 is 2.43 bits per heavy atom. The Hall–Kier alpha value is -3.41. The molecule has 4 rings (SSSR count). The average molecular weight is 402 g/mol. The molecule has 0 aliphatic carbocycles. The van der Waals surface area contributed by atoms with Gasteiger partial charge in [0, 0.05) is 37.8 Å². The van der Waals surface area contributed by atoms with Crippen LogP contribution in [0.3, 0.4) is 0 Å². The Morgan fingerprint density at radius 2 is 1.70 bits per heavy atom. The predicted molar refractivity (Wildman–Crippen MR) is 117 cm³/mol. The number of benzene rings is 2. The fourth-order valence-corrected chi connectivity index (χ4v) is 3.79. The summed E-state index contributed by atoms with van der Waals surface area (Å²) in [5.74, 6) is -0.114. The number of hydrogen-bond acceptors (Lipinski definition) is 3. The van der Waals surface area contributed by atoms with Gasteiger partial charge < -0.3 is 10.2 Å². The Labute approximate surface area is 176 Å². The molecule has 1 aromatic heterocycles. The summed E-state index contributed by atoms with van der Waals surface area (Å²) >= 11 is 0. The summed E-state index contributed by atoms with van der Waals surface area (Å²) in [6.45, 7) is 3.98. The molecule has 6 nitrogen and oxygen atoms in total. The number of amides is 2. The normalized spacial score (nSPS) is 13.4. The van der Waals surface area contributed by atoms with Gasteiger partial charge in [0.2, 0.25) is 5.91 Å². The van der Waals surface area contributed by atoms with Gasteiger partial charge in [-0.3, -0.25) is 9.59 Å². The van der Waals surface area contributed by atoms with Crippen molar-refractivity contribution in [3.63, 3.8) is 0 Å². The van der Waals surface area contributed by atoms with E-state index < -0.39 is 0 Å². The summed E-state index contributed by atoms with van der Waals surface area (Å²) in [5, 5.41) is 7.63. The van der Waals surface area contributed by atoms with E-state index in [2.05, 4.69) is 5.32 Å². The number of carbonyl (C=O) groups excluding carboxylic acids is 2. The highest BCUT2D eigenvalue weighted by Gasteiger charge is 2.21. The number of hydrogen-bond donors (Lipinski definition) is 1. The molecule has 0 bridgehead atoms. The van der Waals surface area contributed by atoms with E-state index in [1.165, 1.54) is 0 Å². The third-order valence-corrected chi connectivity index (χ3v) is 5.46. The second-order valence-electron chi connectivity index (χ2n) is 7.58. The molecule has 2 heterocycles. The van der Waals surface area contributed by atoms with Gasteiger partial charge in [0.1, 0.15) is 5.69 Å². The zero-order valence-electron chi connectivity index (χ0n) is 17.2. The van der Waals surface area contributed by atoms with Gasteiger partial charge in [-0.05, 0) is 37.5 Å². The fraction of sp³-hybridized carbons (Fsp3) is 0.292. The van der Waals surface area contributed by atoms with E-state index in [9.17, 15) is 9.59 Å². The monoisotopic (exact) mass is 402 g/mol. The molecule has 1 aliphatic rings. The summed E-state index contributed by atoms with van der Waals surface area (Å²) in [6, 6.07) is 17.6. The van der Waals surface area contributed by atoms with E-state index in [1.54, 1.807) is 10.9 Å². The number of carbonyl (C=O) groups is 2. The van der Waals surface area contributed by atoms with Crippen molar-refractivity contribution < 1.29 is 9.59 Å². The number of para-hydroxylation sites is 1. The van der Waals surface area contributed by atoms with Crippen molar-refractivity contribution in [1.82, 2.24) is 20.0 Å². The number of likely N-dealkylation sites (tertiary alicyclic amines) is 1. The summed E-state index contributed by atoms with van der Waals surface area (Å²) in [5.41, 5.74) is 4.00. The zero-order valence-corrected chi connectivity index (χ0v) is 17.2. The van der Waals surface area contributed by atoms with Crippen LogP contribution in [0.4, 0.5) is 0 Å². The van der Waals surface area contributed by atoms with Gasteiger partial charge in [-0.1, -0.05) is 42.5 Å². The van der Waals surface area contributed by atoms with Gasteiger partial charge in [-0.2, -0.15) is 5.10 Å². The molecule has 0 unspecified atom stereocenters. The highest BCUT2D eigenvalue weighted by Crippen LogP contribution is 2.26. The van der Waals surface area contributed by atoms with E-state index in [0.717, 1.165) is 42.7 Å². The third kappa shape index (κ3) is 4.27. The van der Waals surface area contributed by atoms with E-state index >= 15 is 0 Å². The highest BCUT2D eigenvalue weighted by atomic mass is 16.2. The summed E-state index contributed by atoms with van der Waals surface area (Å²) in [7, 11) is 0.